The third-order valence-electron chi connectivity index (χ3n) is 6.21. The van der Waals surface area contributed by atoms with E-state index in [1.807, 2.05) is 36.4 Å². The van der Waals surface area contributed by atoms with Crippen LogP contribution in [0.4, 0.5) is 5.82 Å². The van der Waals surface area contributed by atoms with Crippen molar-refractivity contribution in [2.45, 2.75) is 26.4 Å². The van der Waals surface area contributed by atoms with E-state index >= 15 is 0 Å². The Bertz CT molecular complexity index is 1460. The van der Waals surface area contributed by atoms with Gasteiger partial charge in [-0.3, -0.25) is 4.79 Å². The highest BCUT2D eigenvalue weighted by Gasteiger charge is 2.20. The number of rotatable bonds is 13. The summed E-state index contributed by atoms with van der Waals surface area (Å²) < 4.78 is 17.9. The molecule has 1 amide bonds. The average Bonchev–Trinajstić information content (AvgIpc) is 3.32. The molecule has 39 heavy (non-hydrogen) atoms. The summed E-state index contributed by atoms with van der Waals surface area (Å²) in [4.78, 5) is 35.5. The summed E-state index contributed by atoms with van der Waals surface area (Å²) in [6, 6.07) is 15.0. The summed E-state index contributed by atoms with van der Waals surface area (Å²) in [5, 5.41) is 0.930. The number of benzene rings is 2. The van der Waals surface area contributed by atoms with E-state index in [0.717, 1.165) is 27.8 Å². The third kappa shape index (κ3) is 6.76. The number of pyridine rings is 1. The number of carbonyl (C=O) groups excluding carboxylic acids is 2. The molecule has 0 saturated heterocycles. The van der Waals surface area contributed by atoms with E-state index in [9.17, 15) is 9.59 Å². The standard InChI is InChI=1S/C28H32ClN5O5/c1-3-38-25(36)18-39-20-8-6-7-19(15-20)17-33(24(35)16-29)12-13-34-23(11-14-37-2)32-26-27(34)21-9-4-5-10-22(21)31-28(26)30/h4-10,15H,3,11-14,16-18H2,1-2H3,(H2,30,31). The average molecular weight is 554 g/mol. The Morgan fingerprint density at radius 3 is 2.72 bits per heavy atom. The number of nitrogens with zero attached hydrogens (tertiary/aromatic N) is 4. The van der Waals surface area contributed by atoms with Gasteiger partial charge < -0.3 is 29.4 Å². The third-order valence-corrected chi connectivity index (χ3v) is 6.44. The van der Waals surface area contributed by atoms with Gasteiger partial charge in [-0.15, -0.1) is 11.6 Å². The van der Waals surface area contributed by atoms with Crippen LogP contribution >= 0.6 is 11.6 Å². The maximum Gasteiger partial charge on any atom is 0.344 e. The van der Waals surface area contributed by atoms with E-state index in [1.54, 1.807) is 31.1 Å². The lowest BCUT2D eigenvalue weighted by molar-refractivity contribution is -0.145. The molecule has 10 nitrogen and oxygen atoms in total. The fourth-order valence-electron chi connectivity index (χ4n) is 4.43. The molecule has 2 aromatic carbocycles. The number of anilines is 1. The second-order valence-electron chi connectivity index (χ2n) is 8.82. The molecule has 0 aliphatic rings. The van der Waals surface area contributed by atoms with Crippen molar-refractivity contribution in [3.05, 3.63) is 59.9 Å². The fraction of sp³-hybridized carbons (Fsp3) is 0.357. The Balaban J connectivity index is 1.60. The number of nitrogens with two attached hydrogens (primary N) is 1. The van der Waals surface area contributed by atoms with Crippen LogP contribution in [0, 0.1) is 0 Å². The highest BCUT2D eigenvalue weighted by atomic mass is 35.5. The summed E-state index contributed by atoms with van der Waals surface area (Å²) in [6.45, 7) is 3.47. The molecule has 0 saturated carbocycles. The number of carbonyl (C=O) groups is 2. The molecule has 11 heteroatoms. The van der Waals surface area contributed by atoms with Crippen molar-refractivity contribution >= 4 is 51.2 Å². The van der Waals surface area contributed by atoms with Gasteiger partial charge in [0.2, 0.25) is 5.91 Å². The molecule has 206 valence electrons. The van der Waals surface area contributed by atoms with Gasteiger partial charge in [-0.25, -0.2) is 14.8 Å². The van der Waals surface area contributed by atoms with Gasteiger partial charge in [0.15, 0.2) is 12.4 Å². The number of halogens is 1. The van der Waals surface area contributed by atoms with E-state index in [1.165, 1.54) is 0 Å². The number of amides is 1. The van der Waals surface area contributed by atoms with E-state index in [-0.39, 0.29) is 25.0 Å². The van der Waals surface area contributed by atoms with Crippen LogP contribution in [0.1, 0.15) is 18.3 Å². The van der Waals surface area contributed by atoms with Crippen molar-refractivity contribution in [3.63, 3.8) is 0 Å². The summed E-state index contributed by atoms with van der Waals surface area (Å²) >= 11 is 5.99. The Hall–Kier alpha value is -3.89. The van der Waals surface area contributed by atoms with E-state index in [4.69, 9.17) is 36.5 Å². The highest BCUT2D eigenvalue weighted by molar-refractivity contribution is 6.27. The van der Waals surface area contributed by atoms with Crippen molar-refractivity contribution in [1.29, 1.82) is 0 Å². The number of ether oxygens (including phenoxy) is 3. The lowest BCUT2D eigenvalue weighted by Gasteiger charge is -2.23. The van der Waals surface area contributed by atoms with Gasteiger partial charge in [0, 0.05) is 38.6 Å². The zero-order valence-electron chi connectivity index (χ0n) is 22.1. The zero-order chi connectivity index (χ0) is 27.8. The van der Waals surface area contributed by atoms with Crippen LogP contribution in [-0.2, 0) is 38.6 Å². The molecule has 0 fully saturated rings. The topological polar surface area (TPSA) is 122 Å². The summed E-state index contributed by atoms with van der Waals surface area (Å²) in [6.07, 6.45) is 0.572. The predicted molar refractivity (Wildman–Crippen MR) is 150 cm³/mol. The monoisotopic (exact) mass is 553 g/mol. The zero-order valence-corrected chi connectivity index (χ0v) is 22.8. The van der Waals surface area contributed by atoms with Crippen molar-refractivity contribution < 1.29 is 23.8 Å². The molecule has 0 unspecified atom stereocenters. The normalized spacial score (nSPS) is 11.2. The van der Waals surface area contributed by atoms with Crippen LogP contribution < -0.4 is 10.5 Å². The first-order valence-corrected chi connectivity index (χ1v) is 13.2. The summed E-state index contributed by atoms with van der Waals surface area (Å²) in [5.41, 5.74) is 9.40. The van der Waals surface area contributed by atoms with Crippen LogP contribution in [-0.4, -0.2) is 70.7 Å². The van der Waals surface area contributed by atoms with Gasteiger partial charge in [0.05, 0.1) is 24.2 Å². The largest absolute Gasteiger partial charge is 0.482 e. The van der Waals surface area contributed by atoms with Gasteiger partial charge in [0.1, 0.15) is 23.0 Å². The number of methoxy groups -OCH3 is 1. The molecule has 4 aromatic rings. The van der Waals surface area contributed by atoms with Crippen molar-refractivity contribution in [3.8, 4) is 5.75 Å². The molecule has 2 N–H and O–H groups in total. The predicted octanol–water partition coefficient (Wildman–Crippen LogP) is 3.57. The van der Waals surface area contributed by atoms with Gasteiger partial charge in [-0.1, -0.05) is 30.3 Å². The van der Waals surface area contributed by atoms with Gasteiger partial charge in [0.25, 0.3) is 0 Å². The maximum absolute atomic E-state index is 12.9. The number of aromatic nitrogens is 3. The number of esters is 1. The van der Waals surface area contributed by atoms with E-state index < -0.39 is 5.97 Å². The smallest absolute Gasteiger partial charge is 0.344 e. The van der Waals surface area contributed by atoms with Gasteiger partial charge in [-0.05, 0) is 30.7 Å². The number of alkyl halides is 1. The number of nitrogen functional groups attached to an aromatic ring is 1. The van der Waals surface area contributed by atoms with Gasteiger partial charge in [-0.2, -0.15) is 0 Å². The van der Waals surface area contributed by atoms with Crippen LogP contribution in [0.3, 0.4) is 0 Å². The first kappa shape index (κ1) is 28.1. The van der Waals surface area contributed by atoms with Crippen molar-refractivity contribution in [2.75, 3.05) is 45.1 Å². The van der Waals surface area contributed by atoms with Crippen LogP contribution in [0.2, 0.25) is 0 Å². The lowest BCUT2D eigenvalue weighted by atomic mass is 10.2. The Morgan fingerprint density at radius 1 is 1.13 bits per heavy atom. The Morgan fingerprint density at radius 2 is 1.95 bits per heavy atom. The van der Waals surface area contributed by atoms with Crippen LogP contribution in [0.25, 0.3) is 21.9 Å². The molecular weight excluding hydrogens is 522 g/mol. The number of fused-ring (bicyclic) bond motifs is 3. The first-order chi connectivity index (χ1) is 18.9. The van der Waals surface area contributed by atoms with Crippen molar-refractivity contribution in [1.82, 2.24) is 19.4 Å². The molecule has 0 radical (unpaired) electrons. The fourth-order valence-corrected chi connectivity index (χ4v) is 4.60. The molecular formula is C28H32ClN5O5. The number of hydrogen-bond donors (Lipinski definition) is 1. The van der Waals surface area contributed by atoms with E-state index in [2.05, 4.69) is 9.55 Å². The first-order valence-electron chi connectivity index (χ1n) is 12.7. The maximum atomic E-state index is 12.9. The van der Waals surface area contributed by atoms with E-state index in [0.29, 0.717) is 49.7 Å². The minimum atomic E-state index is -0.443. The lowest BCUT2D eigenvalue weighted by Crippen LogP contribution is -2.34. The molecule has 2 heterocycles. The van der Waals surface area contributed by atoms with Crippen LogP contribution in [0.5, 0.6) is 5.75 Å². The second-order valence-corrected chi connectivity index (χ2v) is 9.09. The molecule has 0 atom stereocenters. The molecule has 0 spiro atoms. The SMILES string of the molecule is CCOC(=O)COc1cccc(CN(CCn2c(CCOC)nc3c(N)nc4ccccc4c32)C(=O)CCl)c1. The number of hydrogen-bond acceptors (Lipinski definition) is 8. The van der Waals surface area contributed by atoms with Gasteiger partial charge >= 0.3 is 5.97 Å². The number of para-hydroxylation sites is 1. The Labute approximate surface area is 231 Å². The second kappa shape index (κ2) is 13.3. The Kier molecular flexibility index (Phi) is 9.56. The molecule has 0 bridgehead atoms. The molecule has 2 aromatic heterocycles. The summed E-state index contributed by atoms with van der Waals surface area (Å²) in [7, 11) is 1.64. The highest BCUT2D eigenvalue weighted by Crippen LogP contribution is 2.29. The quantitative estimate of drug-likeness (QED) is 0.197. The molecule has 0 aliphatic heterocycles. The minimum absolute atomic E-state index is 0.153. The summed E-state index contributed by atoms with van der Waals surface area (Å²) in [5.74, 6) is 0.861. The minimum Gasteiger partial charge on any atom is -0.482 e. The van der Waals surface area contributed by atoms with Crippen LogP contribution in [0.15, 0.2) is 48.5 Å². The number of imidazole rings is 1. The molecule has 0 aliphatic carbocycles. The van der Waals surface area contributed by atoms with Crippen molar-refractivity contribution in [2.24, 2.45) is 0 Å². The molecule has 4 rings (SSSR count).